The number of allylic oxidation sites excluding steroid dienone is 1. The zero-order valence-corrected chi connectivity index (χ0v) is 5.11. The van der Waals surface area contributed by atoms with Crippen molar-refractivity contribution in [2.24, 2.45) is 0 Å². The summed E-state index contributed by atoms with van der Waals surface area (Å²) in [6.07, 6.45) is 4.16. The van der Waals surface area contributed by atoms with Crippen LogP contribution in [0.1, 0.15) is 12.8 Å². The second-order valence-electron chi connectivity index (χ2n) is 1.91. The SMILES string of the molecule is COC=C1CCCN1. The number of rotatable bonds is 1. The normalized spacial score (nSPS) is 23.4. The average molecular weight is 113 g/mol. The van der Waals surface area contributed by atoms with Crippen LogP contribution in [0.15, 0.2) is 12.0 Å². The molecule has 0 radical (unpaired) electrons. The lowest BCUT2D eigenvalue weighted by Crippen LogP contribution is -2.03. The average Bonchev–Trinajstić information content (AvgIpc) is 2.19. The second kappa shape index (κ2) is 2.60. The summed E-state index contributed by atoms with van der Waals surface area (Å²) in [5.41, 5.74) is 1.23. The molecule has 1 fully saturated rings. The summed E-state index contributed by atoms with van der Waals surface area (Å²) in [5, 5.41) is 3.19. The van der Waals surface area contributed by atoms with Crippen LogP contribution in [0.4, 0.5) is 0 Å². The van der Waals surface area contributed by atoms with Gasteiger partial charge in [-0.2, -0.15) is 0 Å². The first-order valence-electron chi connectivity index (χ1n) is 2.89. The van der Waals surface area contributed by atoms with Gasteiger partial charge in [-0.3, -0.25) is 0 Å². The highest BCUT2D eigenvalue weighted by Crippen LogP contribution is 2.07. The highest BCUT2D eigenvalue weighted by molar-refractivity contribution is 4.99. The first-order valence-corrected chi connectivity index (χ1v) is 2.89. The zero-order valence-electron chi connectivity index (χ0n) is 5.11. The van der Waals surface area contributed by atoms with Crippen molar-refractivity contribution in [3.8, 4) is 0 Å². The van der Waals surface area contributed by atoms with E-state index in [1.807, 2.05) is 0 Å². The van der Waals surface area contributed by atoms with Crippen molar-refractivity contribution >= 4 is 0 Å². The number of nitrogens with one attached hydrogen (secondary N) is 1. The predicted octanol–water partition coefficient (Wildman–Crippen LogP) is 0.858. The van der Waals surface area contributed by atoms with Crippen LogP contribution in [0.5, 0.6) is 0 Å². The third-order valence-electron chi connectivity index (χ3n) is 1.24. The fraction of sp³-hybridized carbons (Fsp3) is 0.667. The van der Waals surface area contributed by atoms with Crippen LogP contribution >= 0.6 is 0 Å². The molecule has 1 rings (SSSR count). The molecule has 0 aromatic heterocycles. The maximum atomic E-state index is 4.80. The van der Waals surface area contributed by atoms with Gasteiger partial charge in [0.25, 0.3) is 0 Å². The van der Waals surface area contributed by atoms with Crippen LogP contribution in [0.25, 0.3) is 0 Å². The van der Waals surface area contributed by atoms with Crippen molar-refractivity contribution in [1.29, 1.82) is 0 Å². The first kappa shape index (κ1) is 5.48. The van der Waals surface area contributed by atoms with Gasteiger partial charge in [0.2, 0.25) is 0 Å². The van der Waals surface area contributed by atoms with E-state index in [9.17, 15) is 0 Å². The van der Waals surface area contributed by atoms with E-state index >= 15 is 0 Å². The van der Waals surface area contributed by atoms with Gasteiger partial charge < -0.3 is 10.1 Å². The molecule has 1 saturated heterocycles. The maximum absolute atomic E-state index is 4.80. The zero-order chi connectivity index (χ0) is 5.82. The smallest absolute Gasteiger partial charge is 0.101 e. The fourth-order valence-corrected chi connectivity index (χ4v) is 0.859. The molecule has 1 aliphatic heterocycles. The molecule has 0 saturated carbocycles. The maximum Gasteiger partial charge on any atom is 0.101 e. The largest absolute Gasteiger partial charge is 0.503 e. The fourth-order valence-electron chi connectivity index (χ4n) is 0.859. The third-order valence-corrected chi connectivity index (χ3v) is 1.24. The Hall–Kier alpha value is -0.660. The van der Waals surface area contributed by atoms with Crippen molar-refractivity contribution in [2.75, 3.05) is 13.7 Å². The van der Waals surface area contributed by atoms with Gasteiger partial charge in [-0.15, -0.1) is 0 Å². The van der Waals surface area contributed by atoms with Crippen molar-refractivity contribution in [2.45, 2.75) is 12.8 Å². The minimum atomic E-state index is 1.11. The van der Waals surface area contributed by atoms with E-state index in [-0.39, 0.29) is 0 Å². The van der Waals surface area contributed by atoms with Gasteiger partial charge in [-0.1, -0.05) is 0 Å². The van der Waals surface area contributed by atoms with E-state index < -0.39 is 0 Å². The molecule has 0 bridgehead atoms. The Balaban J connectivity index is 2.33. The highest BCUT2D eigenvalue weighted by atomic mass is 16.5. The van der Waals surface area contributed by atoms with E-state index in [0.29, 0.717) is 0 Å². The second-order valence-corrected chi connectivity index (χ2v) is 1.91. The Bertz CT molecular complexity index is 90.7. The summed E-state index contributed by atoms with van der Waals surface area (Å²) in [7, 11) is 1.67. The van der Waals surface area contributed by atoms with E-state index in [2.05, 4.69) is 5.32 Å². The van der Waals surface area contributed by atoms with Crippen molar-refractivity contribution < 1.29 is 4.74 Å². The van der Waals surface area contributed by atoms with Crippen molar-refractivity contribution in [3.63, 3.8) is 0 Å². The van der Waals surface area contributed by atoms with E-state index in [4.69, 9.17) is 4.74 Å². The molecule has 1 aliphatic rings. The summed E-state index contributed by atoms with van der Waals surface area (Å²) >= 11 is 0. The van der Waals surface area contributed by atoms with Gasteiger partial charge in [-0.05, 0) is 12.8 Å². The Labute approximate surface area is 49.5 Å². The lowest BCUT2D eigenvalue weighted by Gasteiger charge is -1.94. The van der Waals surface area contributed by atoms with Crippen LogP contribution in [0.3, 0.4) is 0 Å². The van der Waals surface area contributed by atoms with E-state index in [1.54, 1.807) is 13.4 Å². The minimum Gasteiger partial charge on any atom is -0.503 e. The molecular formula is C6H11NO. The van der Waals surface area contributed by atoms with Crippen LogP contribution < -0.4 is 5.32 Å². The van der Waals surface area contributed by atoms with E-state index in [1.165, 1.54) is 12.1 Å². The van der Waals surface area contributed by atoms with Gasteiger partial charge in [0, 0.05) is 12.2 Å². The van der Waals surface area contributed by atoms with Gasteiger partial charge in [0.1, 0.15) is 6.26 Å². The summed E-state index contributed by atoms with van der Waals surface area (Å²) in [6, 6.07) is 0. The molecule has 0 aliphatic carbocycles. The molecule has 0 aromatic carbocycles. The summed E-state index contributed by atoms with van der Waals surface area (Å²) in [4.78, 5) is 0. The predicted molar refractivity (Wildman–Crippen MR) is 32.3 cm³/mol. The van der Waals surface area contributed by atoms with E-state index in [0.717, 1.165) is 13.0 Å². The topological polar surface area (TPSA) is 21.3 Å². The molecule has 0 atom stereocenters. The molecular weight excluding hydrogens is 102 g/mol. The molecule has 46 valence electrons. The van der Waals surface area contributed by atoms with Crippen molar-refractivity contribution in [1.82, 2.24) is 5.32 Å². The van der Waals surface area contributed by atoms with Crippen molar-refractivity contribution in [3.05, 3.63) is 12.0 Å². The third kappa shape index (κ3) is 1.15. The number of hydrogen-bond donors (Lipinski definition) is 1. The summed E-state index contributed by atoms with van der Waals surface area (Å²) in [5.74, 6) is 0. The molecule has 8 heavy (non-hydrogen) atoms. The lowest BCUT2D eigenvalue weighted by atomic mass is 10.3. The van der Waals surface area contributed by atoms with Crippen LogP contribution in [0, 0.1) is 0 Å². The molecule has 0 aromatic rings. The molecule has 0 unspecified atom stereocenters. The molecule has 0 spiro atoms. The summed E-state index contributed by atoms with van der Waals surface area (Å²) in [6.45, 7) is 1.11. The summed E-state index contributed by atoms with van der Waals surface area (Å²) < 4.78 is 4.80. The standard InChI is InChI=1S/C6H11NO/c1-8-5-6-3-2-4-7-6/h5,7H,2-4H2,1H3. The minimum absolute atomic E-state index is 1.11. The molecule has 0 amide bonds. The van der Waals surface area contributed by atoms with Gasteiger partial charge in [-0.25, -0.2) is 0 Å². The van der Waals surface area contributed by atoms with Crippen LogP contribution in [-0.2, 0) is 4.74 Å². The molecule has 1 N–H and O–H groups in total. The van der Waals surface area contributed by atoms with Crippen LogP contribution in [0.2, 0.25) is 0 Å². The Kier molecular flexibility index (Phi) is 1.78. The quantitative estimate of drug-likeness (QED) is 0.509. The lowest BCUT2D eigenvalue weighted by molar-refractivity contribution is 0.331. The monoisotopic (exact) mass is 113 g/mol. The van der Waals surface area contributed by atoms with Gasteiger partial charge in [0.15, 0.2) is 0 Å². The highest BCUT2D eigenvalue weighted by Gasteiger charge is 2.03. The first-order chi connectivity index (χ1) is 3.93. The Morgan fingerprint density at radius 3 is 3.12 bits per heavy atom. The Morgan fingerprint density at radius 1 is 1.75 bits per heavy atom. The number of hydrogen-bond acceptors (Lipinski definition) is 2. The van der Waals surface area contributed by atoms with Crippen LogP contribution in [-0.4, -0.2) is 13.7 Å². The number of ether oxygens (including phenoxy) is 1. The molecule has 1 heterocycles. The Morgan fingerprint density at radius 2 is 2.62 bits per heavy atom. The molecule has 2 heteroatoms. The van der Waals surface area contributed by atoms with Gasteiger partial charge in [0.05, 0.1) is 7.11 Å². The number of methoxy groups -OCH3 is 1. The van der Waals surface area contributed by atoms with Gasteiger partial charge >= 0.3 is 0 Å². The molecule has 2 nitrogen and oxygen atoms in total.